The fourth-order valence-corrected chi connectivity index (χ4v) is 4.06. The maximum atomic E-state index is 9.22. The third-order valence-electron chi connectivity index (χ3n) is 5.03. The molecule has 0 heterocycles. The lowest BCUT2D eigenvalue weighted by Crippen LogP contribution is -2.61. The smallest absolute Gasteiger partial charge is 0.0648 e. The van der Waals surface area contributed by atoms with E-state index < -0.39 is 0 Å². The van der Waals surface area contributed by atoms with Crippen molar-refractivity contribution in [2.75, 3.05) is 20.6 Å². The molecule has 3 aliphatic rings. The minimum atomic E-state index is 0. The molecule has 4 heteroatoms. The van der Waals surface area contributed by atoms with Crippen molar-refractivity contribution in [1.82, 2.24) is 4.90 Å². The summed E-state index contributed by atoms with van der Waals surface area (Å²) in [6.45, 7) is 7.97. The second-order valence-electron chi connectivity index (χ2n) is 6.45. The van der Waals surface area contributed by atoms with Gasteiger partial charge in [0.05, 0.1) is 5.71 Å². The SMILES string of the molecule is CC1/C(=N/O)C(CN(C)C)C2CC1C2(C)C.Cl. The highest BCUT2D eigenvalue weighted by Crippen LogP contribution is 2.62. The van der Waals surface area contributed by atoms with Crippen LogP contribution >= 0.6 is 12.4 Å². The van der Waals surface area contributed by atoms with E-state index in [0.29, 0.717) is 29.1 Å². The summed E-state index contributed by atoms with van der Waals surface area (Å²) in [6.07, 6.45) is 1.31. The molecule has 0 aromatic carbocycles. The molecule has 3 saturated carbocycles. The van der Waals surface area contributed by atoms with Crippen molar-refractivity contribution in [3.05, 3.63) is 0 Å². The first-order chi connectivity index (χ1) is 7.39. The molecule has 4 unspecified atom stereocenters. The molecule has 0 spiro atoms. The molecule has 2 bridgehead atoms. The molecule has 3 fully saturated rings. The summed E-state index contributed by atoms with van der Waals surface area (Å²) in [7, 11) is 4.19. The van der Waals surface area contributed by atoms with Crippen molar-refractivity contribution in [3.63, 3.8) is 0 Å². The van der Waals surface area contributed by atoms with Gasteiger partial charge in [-0.3, -0.25) is 0 Å². The van der Waals surface area contributed by atoms with Gasteiger partial charge < -0.3 is 10.1 Å². The molecule has 0 amide bonds. The topological polar surface area (TPSA) is 35.8 Å². The molecule has 3 nitrogen and oxygen atoms in total. The number of rotatable bonds is 2. The quantitative estimate of drug-likeness (QED) is 0.612. The average Bonchev–Trinajstić information content (AvgIpc) is 2.15. The monoisotopic (exact) mass is 260 g/mol. The molecular formula is C13H25ClN2O. The lowest BCUT2D eigenvalue weighted by Gasteiger charge is -2.63. The second kappa shape index (κ2) is 4.77. The van der Waals surface area contributed by atoms with Crippen molar-refractivity contribution >= 4 is 18.1 Å². The summed E-state index contributed by atoms with van der Waals surface area (Å²) < 4.78 is 0. The predicted molar refractivity (Wildman–Crippen MR) is 73.1 cm³/mol. The Kier molecular flexibility index (Phi) is 4.15. The van der Waals surface area contributed by atoms with Gasteiger partial charge in [0.1, 0.15) is 0 Å². The van der Waals surface area contributed by atoms with Gasteiger partial charge in [0.2, 0.25) is 0 Å². The number of nitrogens with zero attached hydrogens (tertiary/aromatic N) is 2. The number of fused-ring (bicyclic) bond motifs is 2. The number of hydrogen-bond donors (Lipinski definition) is 1. The molecule has 0 saturated heterocycles. The van der Waals surface area contributed by atoms with E-state index in [0.717, 1.165) is 12.3 Å². The van der Waals surface area contributed by atoms with E-state index in [1.807, 2.05) is 0 Å². The molecule has 4 atom stereocenters. The number of hydrogen-bond acceptors (Lipinski definition) is 3. The van der Waals surface area contributed by atoms with Gasteiger partial charge in [-0.05, 0) is 37.8 Å². The van der Waals surface area contributed by atoms with Gasteiger partial charge in [0, 0.05) is 18.4 Å². The van der Waals surface area contributed by atoms with Crippen molar-refractivity contribution < 1.29 is 5.21 Å². The van der Waals surface area contributed by atoms with Crippen LogP contribution in [0.4, 0.5) is 0 Å². The summed E-state index contributed by atoms with van der Waals surface area (Å²) >= 11 is 0. The number of halogens is 1. The van der Waals surface area contributed by atoms with Crippen LogP contribution in [0.1, 0.15) is 27.2 Å². The molecular weight excluding hydrogens is 236 g/mol. The third kappa shape index (κ3) is 2.08. The second-order valence-corrected chi connectivity index (χ2v) is 6.45. The van der Waals surface area contributed by atoms with Gasteiger partial charge in [-0.25, -0.2) is 0 Å². The number of oxime groups is 1. The Balaban J connectivity index is 0.00000144. The van der Waals surface area contributed by atoms with Gasteiger partial charge >= 0.3 is 0 Å². The fourth-order valence-electron chi connectivity index (χ4n) is 4.06. The van der Waals surface area contributed by atoms with Gasteiger partial charge in [-0.2, -0.15) is 0 Å². The minimum Gasteiger partial charge on any atom is -0.411 e. The van der Waals surface area contributed by atoms with Gasteiger partial charge in [-0.1, -0.05) is 25.9 Å². The Morgan fingerprint density at radius 1 is 1.35 bits per heavy atom. The maximum Gasteiger partial charge on any atom is 0.0648 e. The van der Waals surface area contributed by atoms with Crippen LogP contribution in [0.2, 0.25) is 0 Å². The maximum absolute atomic E-state index is 9.22. The standard InChI is InChI=1S/C13H24N2O.ClH/c1-8-10-6-11(13(10,2)3)9(7-15(4)5)12(8)14-16;/h8-11,16H,6-7H2,1-5H3;1H/b14-12-;. The molecule has 100 valence electrons. The Bertz CT molecular complexity index is 315. The van der Waals surface area contributed by atoms with E-state index in [1.54, 1.807) is 0 Å². The highest BCUT2D eigenvalue weighted by molar-refractivity contribution is 5.91. The van der Waals surface area contributed by atoms with Gasteiger partial charge in [0.15, 0.2) is 0 Å². The van der Waals surface area contributed by atoms with Crippen LogP contribution in [-0.2, 0) is 0 Å². The van der Waals surface area contributed by atoms with Crippen LogP contribution in [0, 0.1) is 29.1 Å². The molecule has 1 N–H and O–H groups in total. The van der Waals surface area contributed by atoms with E-state index >= 15 is 0 Å². The lowest BCUT2D eigenvalue weighted by atomic mass is 9.42. The molecule has 0 radical (unpaired) electrons. The first-order valence-corrected chi connectivity index (χ1v) is 6.26. The average molecular weight is 261 g/mol. The van der Waals surface area contributed by atoms with E-state index in [1.165, 1.54) is 6.42 Å². The minimum absolute atomic E-state index is 0. The van der Waals surface area contributed by atoms with Crippen LogP contribution in [0.3, 0.4) is 0 Å². The molecule has 0 aromatic rings. The van der Waals surface area contributed by atoms with E-state index in [-0.39, 0.29) is 12.4 Å². The zero-order valence-corrected chi connectivity index (χ0v) is 12.3. The van der Waals surface area contributed by atoms with Crippen LogP contribution in [-0.4, -0.2) is 36.5 Å². The molecule has 3 aliphatic carbocycles. The Morgan fingerprint density at radius 2 is 1.94 bits per heavy atom. The van der Waals surface area contributed by atoms with Gasteiger partial charge in [0.25, 0.3) is 0 Å². The molecule has 17 heavy (non-hydrogen) atoms. The summed E-state index contributed by atoms with van der Waals surface area (Å²) in [5.41, 5.74) is 1.46. The van der Waals surface area contributed by atoms with Crippen LogP contribution in [0.25, 0.3) is 0 Å². The molecule has 0 aromatic heterocycles. The highest BCUT2D eigenvalue weighted by Gasteiger charge is 2.59. The summed E-state index contributed by atoms with van der Waals surface area (Å²) in [6, 6.07) is 0. The van der Waals surface area contributed by atoms with Crippen molar-refractivity contribution in [2.24, 2.45) is 34.2 Å². The van der Waals surface area contributed by atoms with E-state index in [4.69, 9.17) is 0 Å². The van der Waals surface area contributed by atoms with Crippen molar-refractivity contribution in [1.29, 1.82) is 0 Å². The van der Waals surface area contributed by atoms with Gasteiger partial charge in [-0.15, -0.1) is 12.4 Å². The first-order valence-electron chi connectivity index (χ1n) is 6.26. The van der Waals surface area contributed by atoms with E-state index in [2.05, 4.69) is 44.9 Å². The van der Waals surface area contributed by atoms with Crippen molar-refractivity contribution in [2.45, 2.75) is 27.2 Å². The zero-order chi connectivity index (χ0) is 12.1. The van der Waals surface area contributed by atoms with Crippen molar-refractivity contribution in [3.8, 4) is 0 Å². The first kappa shape index (κ1) is 14.8. The summed E-state index contributed by atoms with van der Waals surface area (Å²) in [4.78, 5) is 2.21. The summed E-state index contributed by atoms with van der Waals surface area (Å²) in [5.74, 6) is 2.29. The largest absolute Gasteiger partial charge is 0.411 e. The zero-order valence-electron chi connectivity index (χ0n) is 11.5. The Labute approximate surface area is 111 Å². The van der Waals surface area contributed by atoms with Crippen LogP contribution < -0.4 is 0 Å². The lowest BCUT2D eigenvalue weighted by molar-refractivity contribution is -0.0855. The molecule has 0 aliphatic heterocycles. The highest BCUT2D eigenvalue weighted by atomic mass is 35.5. The predicted octanol–water partition coefficient (Wildman–Crippen LogP) is 2.73. The fraction of sp³-hybridized carbons (Fsp3) is 0.923. The Morgan fingerprint density at radius 3 is 2.35 bits per heavy atom. The Hall–Kier alpha value is -0.280. The third-order valence-corrected chi connectivity index (χ3v) is 5.03. The normalized spacial score (nSPS) is 40.9. The van der Waals surface area contributed by atoms with E-state index in [9.17, 15) is 5.21 Å². The van der Waals surface area contributed by atoms with Crippen LogP contribution in [0.5, 0.6) is 0 Å². The summed E-state index contributed by atoms with van der Waals surface area (Å²) in [5, 5.41) is 12.8. The molecule has 3 rings (SSSR count). The van der Waals surface area contributed by atoms with Crippen LogP contribution in [0.15, 0.2) is 5.16 Å².